The van der Waals surface area contributed by atoms with E-state index in [4.69, 9.17) is 0 Å². The van der Waals surface area contributed by atoms with Gasteiger partial charge in [0.25, 0.3) is 0 Å². The Bertz CT molecular complexity index is 237. The molecule has 1 aliphatic carbocycles. The van der Waals surface area contributed by atoms with Crippen LogP contribution in [0, 0.1) is 6.33 Å². The van der Waals surface area contributed by atoms with Crippen LogP contribution in [-0.4, -0.2) is 9.55 Å². The standard InChI is InChI=1S/C9H13N2/c1-2-11-7-10-8-5-3-4-6-9(8)11/h2-6H2,1H3. The van der Waals surface area contributed by atoms with Gasteiger partial charge in [-0.2, -0.15) is 0 Å². The Morgan fingerprint density at radius 1 is 1.45 bits per heavy atom. The second kappa shape index (κ2) is 2.68. The number of hydrogen-bond acceptors (Lipinski definition) is 1. The number of nitrogens with zero attached hydrogens (tertiary/aromatic N) is 2. The monoisotopic (exact) mass is 149 g/mol. The lowest BCUT2D eigenvalue weighted by molar-refractivity contribution is 0.619. The van der Waals surface area contributed by atoms with Crippen molar-refractivity contribution < 1.29 is 0 Å². The third kappa shape index (κ3) is 1.06. The van der Waals surface area contributed by atoms with Crippen molar-refractivity contribution in [3.63, 3.8) is 0 Å². The van der Waals surface area contributed by atoms with E-state index in [1.165, 1.54) is 37.1 Å². The Morgan fingerprint density at radius 2 is 2.27 bits per heavy atom. The predicted octanol–water partition coefficient (Wildman–Crippen LogP) is 1.58. The minimum Gasteiger partial charge on any atom is -0.326 e. The lowest BCUT2D eigenvalue weighted by atomic mass is 10.0. The molecule has 0 aliphatic heterocycles. The van der Waals surface area contributed by atoms with Crippen molar-refractivity contribution in [2.45, 2.75) is 39.2 Å². The molecule has 1 aromatic heterocycles. The molecule has 11 heavy (non-hydrogen) atoms. The molecule has 0 amide bonds. The molecule has 0 unspecified atom stereocenters. The average Bonchev–Trinajstić information content (AvgIpc) is 2.47. The van der Waals surface area contributed by atoms with Gasteiger partial charge in [-0.3, -0.25) is 0 Å². The van der Waals surface area contributed by atoms with Crippen LogP contribution >= 0.6 is 0 Å². The van der Waals surface area contributed by atoms with Crippen LogP contribution in [0.4, 0.5) is 0 Å². The van der Waals surface area contributed by atoms with Gasteiger partial charge in [0.15, 0.2) is 6.33 Å². The number of aromatic nitrogens is 2. The van der Waals surface area contributed by atoms with Gasteiger partial charge in [-0.05, 0) is 32.6 Å². The van der Waals surface area contributed by atoms with Crippen molar-refractivity contribution in [2.75, 3.05) is 0 Å². The van der Waals surface area contributed by atoms with Gasteiger partial charge < -0.3 is 4.57 Å². The fraction of sp³-hybridized carbons (Fsp3) is 0.667. The van der Waals surface area contributed by atoms with Crippen LogP contribution in [0.25, 0.3) is 0 Å². The van der Waals surface area contributed by atoms with E-state index >= 15 is 0 Å². The summed E-state index contributed by atoms with van der Waals surface area (Å²) in [6.07, 6.45) is 8.04. The first-order valence-corrected chi connectivity index (χ1v) is 4.37. The first kappa shape index (κ1) is 6.89. The Morgan fingerprint density at radius 3 is 3.09 bits per heavy atom. The first-order chi connectivity index (χ1) is 5.42. The maximum atomic E-state index is 4.27. The summed E-state index contributed by atoms with van der Waals surface area (Å²) < 4.78 is 2.15. The average molecular weight is 149 g/mol. The Kier molecular flexibility index (Phi) is 1.68. The van der Waals surface area contributed by atoms with Gasteiger partial charge >= 0.3 is 0 Å². The quantitative estimate of drug-likeness (QED) is 0.592. The number of fused-ring (bicyclic) bond motifs is 1. The van der Waals surface area contributed by atoms with E-state index in [2.05, 4.69) is 22.8 Å². The normalized spacial score (nSPS) is 16.5. The summed E-state index contributed by atoms with van der Waals surface area (Å²) in [6.45, 7) is 3.16. The van der Waals surface area contributed by atoms with Crippen molar-refractivity contribution in [1.82, 2.24) is 9.55 Å². The minimum absolute atomic E-state index is 1.02. The molecule has 0 bridgehead atoms. The Balaban J connectivity index is 2.38. The first-order valence-electron chi connectivity index (χ1n) is 4.37. The minimum atomic E-state index is 1.02. The van der Waals surface area contributed by atoms with Gasteiger partial charge in [-0.15, -0.1) is 0 Å². The summed E-state index contributed by atoms with van der Waals surface area (Å²) in [6, 6.07) is 0. The van der Waals surface area contributed by atoms with Gasteiger partial charge in [0.2, 0.25) is 0 Å². The summed E-state index contributed by atoms with van der Waals surface area (Å²) in [7, 11) is 0. The van der Waals surface area contributed by atoms with Crippen LogP contribution < -0.4 is 0 Å². The molecular weight excluding hydrogens is 136 g/mol. The smallest absolute Gasteiger partial charge is 0.176 e. The zero-order chi connectivity index (χ0) is 7.68. The topological polar surface area (TPSA) is 17.8 Å². The molecule has 0 saturated heterocycles. The fourth-order valence-corrected chi connectivity index (χ4v) is 1.73. The van der Waals surface area contributed by atoms with Gasteiger partial charge in [0.05, 0.1) is 5.69 Å². The molecule has 0 N–H and O–H groups in total. The number of rotatable bonds is 1. The molecule has 0 saturated carbocycles. The number of hydrogen-bond donors (Lipinski definition) is 0. The fourth-order valence-electron chi connectivity index (χ4n) is 1.73. The number of aryl methyl sites for hydroxylation is 2. The highest BCUT2D eigenvalue weighted by atomic mass is 15.1. The molecule has 0 spiro atoms. The molecule has 2 nitrogen and oxygen atoms in total. The molecule has 59 valence electrons. The lowest BCUT2D eigenvalue weighted by Gasteiger charge is -2.11. The van der Waals surface area contributed by atoms with Crippen LogP contribution in [0.2, 0.25) is 0 Å². The van der Waals surface area contributed by atoms with Gasteiger partial charge in [0.1, 0.15) is 0 Å². The van der Waals surface area contributed by atoms with Crippen molar-refractivity contribution in [3.05, 3.63) is 17.7 Å². The van der Waals surface area contributed by atoms with Crippen LogP contribution in [0.15, 0.2) is 0 Å². The molecule has 2 heteroatoms. The van der Waals surface area contributed by atoms with E-state index < -0.39 is 0 Å². The summed E-state index contributed by atoms with van der Waals surface area (Å²) in [5.41, 5.74) is 2.72. The Hall–Kier alpha value is -0.790. The highest BCUT2D eigenvalue weighted by Gasteiger charge is 2.13. The van der Waals surface area contributed by atoms with Crippen molar-refractivity contribution >= 4 is 0 Å². The summed E-state index contributed by atoms with van der Waals surface area (Å²) >= 11 is 0. The maximum Gasteiger partial charge on any atom is 0.176 e. The highest BCUT2D eigenvalue weighted by molar-refractivity contribution is 5.15. The van der Waals surface area contributed by atoms with Crippen molar-refractivity contribution in [3.8, 4) is 0 Å². The van der Waals surface area contributed by atoms with Crippen molar-refractivity contribution in [1.29, 1.82) is 0 Å². The van der Waals surface area contributed by atoms with Gasteiger partial charge in [0, 0.05) is 12.2 Å². The van der Waals surface area contributed by atoms with Crippen LogP contribution in [0.3, 0.4) is 0 Å². The Labute approximate surface area is 67.3 Å². The second-order valence-corrected chi connectivity index (χ2v) is 3.06. The maximum absolute atomic E-state index is 4.27. The van der Waals surface area contributed by atoms with E-state index in [0.29, 0.717) is 0 Å². The van der Waals surface area contributed by atoms with E-state index in [0.717, 1.165) is 6.54 Å². The van der Waals surface area contributed by atoms with Crippen molar-refractivity contribution in [2.24, 2.45) is 0 Å². The van der Waals surface area contributed by atoms with E-state index in [9.17, 15) is 0 Å². The van der Waals surface area contributed by atoms with Gasteiger partial charge in [-0.1, -0.05) is 0 Å². The third-order valence-electron chi connectivity index (χ3n) is 2.36. The molecule has 0 fully saturated rings. The summed E-state index contributed by atoms with van der Waals surface area (Å²) in [5, 5.41) is 0. The van der Waals surface area contributed by atoms with E-state index in [-0.39, 0.29) is 0 Å². The molecule has 1 aliphatic rings. The molecule has 0 aromatic carbocycles. The second-order valence-electron chi connectivity index (χ2n) is 3.06. The van der Waals surface area contributed by atoms with Crippen LogP contribution in [0.1, 0.15) is 31.2 Å². The van der Waals surface area contributed by atoms with E-state index in [1.54, 1.807) is 0 Å². The zero-order valence-electron chi connectivity index (χ0n) is 6.93. The van der Waals surface area contributed by atoms with Gasteiger partial charge in [-0.25, -0.2) is 4.98 Å². The SMILES string of the molecule is CCn1[c]nc2c1CCCC2. The third-order valence-corrected chi connectivity index (χ3v) is 2.36. The van der Waals surface area contributed by atoms with E-state index in [1.807, 2.05) is 0 Å². The molecule has 1 heterocycles. The highest BCUT2D eigenvalue weighted by Crippen LogP contribution is 2.18. The molecule has 2 rings (SSSR count). The summed E-state index contributed by atoms with van der Waals surface area (Å²) in [4.78, 5) is 4.27. The lowest BCUT2D eigenvalue weighted by Crippen LogP contribution is -2.06. The molecular formula is C9H13N2. The number of imidazole rings is 1. The predicted molar refractivity (Wildman–Crippen MR) is 43.4 cm³/mol. The largest absolute Gasteiger partial charge is 0.326 e. The van der Waals surface area contributed by atoms with Crippen LogP contribution in [-0.2, 0) is 19.4 Å². The zero-order valence-corrected chi connectivity index (χ0v) is 6.93. The molecule has 0 atom stereocenters. The summed E-state index contributed by atoms with van der Waals surface area (Å²) in [5.74, 6) is 0. The molecule has 1 radical (unpaired) electrons. The molecule has 1 aromatic rings. The van der Waals surface area contributed by atoms with Crippen LogP contribution in [0.5, 0.6) is 0 Å².